The van der Waals surface area contributed by atoms with Gasteiger partial charge >= 0.3 is 0 Å². The highest BCUT2D eigenvalue weighted by atomic mass is 35.5. The fourth-order valence-electron chi connectivity index (χ4n) is 2.53. The summed E-state index contributed by atoms with van der Waals surface area (Å²) in [5.41, 5.74) is 2.25. The maximum Gasteiger partial charge on any atom is 0.237 e. The zero-order valence-corrected chi connectivity index (χ0v) is 13.8. The van der Waals surface area contributed by atoms with Crippen molar-refractivity contribution in [1.29, 1.82) is 0 Å². The van der Waals surface area contributed by atoms with Gasteiger partial charge in [-0.2, -0.15) is 0 Å². The average Bonchev–Trinajstić information content (AvgIpc) is 2.92. The number of halogens is 1. The van der Waals surface area contributed by atoms with Gasteiger partial charge in [0, 0.05) is 0 Å². The van der Waals surface area contributed by atoms with Gasteiger partial charge in [-0.1, -0.05) is 18.2 Å². The molecule has 1 heterocycles. The van der Waals surface area contributed by atoms with Crippen LogP contribution in [-0.4, -0.2) is 31.1 Å². The maximum absolute atomic E-state index is 12.0. The van der Waals surface area contributed by atoms with Gasteiger partial charge < -0.3 is 15.4 Å². The van der Waals surface area contributed by atoms with Crippen LogP contribution in [0.4, 0.5) is 0 Å². The van der Waals surface area contributed by atoms with E-state index in [4.69, 9.17) is 4.74 Å². The Morgan fingerprint density at radius 2 is 2.10 bits per heavy atom. The van der Waals surface area contributed by atoms with Gasteiger partial charge in [0.2, 0.25) is 5.91 Å². The van der Waals surface area contributed by atoms with Crippen molar-refractivity contribution in [3.63, 3.8) is 0 Å². The predicted octanol–water partition coefficient (Wildman–Crippen LogP) is 2.36. The normalized spacial score (nSPS) is 18.7. The van der Waals surface area contributed by atoms with Crippen LogP contribution >= 0.6 is 12.4 Å². The van der Waals surface area contributed by atoms with E-state index in [0.717, 1.165) is 36.3 Å². The molecule has 1 amide bonds. The topological polar surface area (TPSA) is 50.4 Å². The van der Waals surface area contributed by atoms with Gasteiger partial charge in [0.05, 0.1) is 12.1 Å². The van der Waals surface area contributed by atoms with E-state index in [1.807, 2.05) is 39.0 Å². The van der Waals surface area contributed by atoms with E-state index in [2.05, 4.69) is 10.6 Å². The summed E-state index contributed by atoms with van der Waals surface area (Å²) in [6, 6.07) is 6.07. The molecule has 1 aromatic rings. The smallest absolute Gasteiger partial charge is 0.237 e. The number of carbonyl (C=O) groups is 1. The molecular formula is C16H25ClN2O2. The largest absolute Gasteiger partial charge is 0.491 e. The number of carbonyl (C=O) groups excluding carboxylic acids is 1. The lowest BCUT2D eigenvalue weighted by Gasteiger charge is -2.19. The zero-order valence-electron chi connectivity index (χ0n) is 12.9. The Bertz CT molecular complexity index is 453. The lowest BCUT2D eigenvalue weighted by molar-refractivity contribution is -0.123. The molecule has 1 fully saturated rings. The number of nitrogens with one attached hydrogen (secondary N) is 2. The summed E-state index contributed by atoms with van der Waals surface area (Å²) in [5.74, 6) is 1.01. The molecule has 2 N–H and O–H groups in total. The van der Waals surface area contributed by atoms with Crippen LogP contribution in [0.25, 0.3) is 0 Å². The summed E-state index contributed by atoms with van der Waals surface area (Å²) in [6.07, 6.45) is 2.00. The van der Waals surface area contributed by atoms with Crippen LogP contribution in [0, 0.1) is 13.8 Å². The van der Waals surface area contributed by atoms with Crippen LogP contribution in [0.2, 0.25) is 0 Å². The standard InChI is InChI=1S/C16H24N2O2.ClH/c1-11-6-4-7-12(2)15(11)20-10-13(3)18-16(19)14-8-5-9-17-14;/h4,6-7,13-14,17H,5,8-10H2,1-3H3,(H,18,19);1H. The highest BCUT2D eigenvalue weighted by molar-refractivity contribution is 5.85. The third-order valence-electron chi connectivity index (χ3n) is 3.65. The van der Waals surface area contributed by atoms with Gasteiger partial charge in [-0.25, -0.2) is 0 Å². The summed E-state index contributed by atoms with van der Waals surface area (Å²) in [4.78, 5) is 12.0. The highest BCUT2D eigenvalue weighted by Gasteiger charge is 2.23. The molecule has 0 saturated carbocycles. The molecule has 0 radical (unpaired) electrons. The van der Waals surface area contributed by atoms with Gasteiger partial charge in [0.1, 0.15) is 12.4 Å². The maximum atomic E-state index is 12.0. The Labute approximate surface area is 133 Å². The van der Waals surface area contributed by atoms with Crippen molar-refractivity contribution >= 4 is 18.3 Å². The second-order valence-electron chi connectivity index (χ2n) is 5.59. The van der Waals surface area contributed by atoms with E-state index in [1.54, 1.807) is 0 Å². The van der Waals surface area contributed by atoms with Crippen molar-refractivity contribution in [3.8, 4) is 5.75 Å². The summed E-state index contributed by atoms with van der Waals surface area (Å²) < 4.78 is 5.86. The van der Waals surface area contributed by atoms with Gasteiger partial charge in [-0.15, -0.1) is 12.4 Å². The molecule has 0 aromatic heterocycles. The molecule has 0 bridgehead atoms. The molecule has 1 aliphatic heterocycles. The monoisotopic (exact) mass is 312 g/mol. The van der Waals surface area contributed by atoms with Crippen LogP contribution in [-0.2, 0) is 4.79 Å². The van der Waals surface area contributed by atoms with Crippen LogP contribution in [0.1, 0.15) is 30.9 Å². The molecule has 2 unspecified atom stereocenters. The van der Waals surface area contributed by atoms with Crippen LogP contribution in [0.15, 0.2) is 18.2 Å². The Hall–Kier alpha value is -1.26. The van der Waals surface area contributed by atoms with E-state index in [-0.39, 0.29) is 30.4 Å². The van der Waals surface area contributed by atoms with Crippen molar-refractivity contribution in [3.05, 3.63) is 29.3 Å². The van der Waals surface area contributed by atoms with Crippen molar-refractivity contribution < 1.29 is 9.53 Å². The van der Waals surface area contributed by atoms with E-state index < -0.39 is 0 Å². The van der Waals surface area contributed by atoms with Gasteiger partial charge in [-0.3, -0.25) is 4.79 Å². The van der Waals surface area contributed by atoms with Crippen molar-refractivity contribution in [2.45, 2.75) is 45.7 Å². The molecule has 2 atom stereocenters. The van der Waals surface area contributed by atoms with Gasteiger partial charge in [0.25, 0.3) is 0 Å². The Morgan fingerprint density at radius 1 is 1.43 bits per heavy atom. The number of benzene rings is 1. The number of rotatable bonds is 5. The molecule has 1 saturated heterocycles. The molecule has 0 aliphatic carbocycles. The van der Waals surface area contributed by atoms with Gasteiger partial charge in [0.15, 0.2) is 0 Å². The first-order chi connectivity index (χ1) is 9.58. The second kappa shape index (κ2) is 8.25. The predicted molar refractivity (Wildman–Crippen MR) is 87.3 cm³/mol. The minimum Gasteiger partial charge on any atom is -0.491 e. The number of ether oxygens (including phenoxy) is 1. The fourth-order valence-corrected chi connectivity index (χ4v) is 2.53. The number of hydrogen-bond acceptors (Lipinski definition) is 3. The third-order valence-corrected chi connectivity index (χ3v) is 3.65. The van der Waals surface area contributed by atoms with Crippen LogP contribution in [0.3, 0.4) is 0 Å². The van der Waals surface area contributed by atoms with Crippen LogP contribution < -0.4 is 15.4 Å². The molecular weight excluding hydrogens is 288 g/mol. The van der Waals surface area contributed by atoms with Crippen LogP contribution in [0.5, 0.6) is 5.75 Å². The molecule has 118 valence electrons. The third kappa shape index (κ3) is 4.90. The zero-order chi connectivity index (χ0) is 14.5. The number of aryl methyl sites for hydroxylation is 2. The Kier molecular flexibility index (Phi) is 6.99. The molecule has 0 spiro atoms. The van der Waals surface area contributed by atoms with E-state index in [1.165, 1.54) is 0 Å². The van der Waals surface area contributed by atoms with E-state index in [9.17, 15) is 4.79 Å². The summed E-state index contributed by atoms with van der Waals surface area (Å²) in [5, 5.41) is 6.21. The van der Waals surface area contributed by atoms with Gasteiger partial charge in [-0.05, 0) is 51.3 Å². The van der Waals surface area contributed by atoms with Crippen molar-refractivity contribution in [2.24, 2.45) is 0 Å². The molecule has 2 rings (SSSR count). The van der Waals surface area contributed by atoms with Crippen molar-refractivity contribution in [1.82, 2.24) is 10.6 Å². The average molecular weight is 313 g/mol. The summed E-state index contributed by atoms with van der Waals surface area (Å²) in [7, 11) is 0. The lowest BCUT2D eigenvalue weighted by atomic mass is 10.1. The first-order valence-corrected chi connectivity index (χ1v) is 7.30. The highest BCUT2D eigenvalue weighted by Crippen LogP contribution is 2.22. The minimum absolute atomic E-state index is 0. The number of amides is 1. The lowest BCUT2D eigenvalue weighted by Crippen LogP contribution is -2.46. The Balaban J connectivity index is 0.00000220. The Morgan fingerprint density at radius 3 is 2.67 bits per heavy atom. The molecule has 1 aliphatic rings. The molecule has 4 nitrogen and oxygen atoms in total. The fraction of sp³-hybridized carbons (Fsp3) is 0.562. The summed E-state index contributed by atoms with van der Waals surface area (Å²) in [6.45, 7) is 7.47. The van der Waals surface area contributed by atoms with E-state index in [0.29, 0.717) is 6.61 Å². The minimum atomic E-state index is -0.0300. The SMILES string of the molecule is Cc1cccc(C)c1OCC(C)NC(=O)C1CCCN1.Cl. The quantitative estimate of drug-likeness (QED) is 0.877. The first kappa shape index (κ1) is 17.8. The molecule has 5 heteroatoms. The van der Waals surface area contributed by atoms with E-state index >= 15 is 0 Å². The molecule has 21 heavy (non-hydrogen) atoms. The number of para-hydroxylation sites is 1. The van der Waals surface area contributed by atoms with Crippen molar-refractivity contribution in [2.75, 3.05) is 13.2 Å². The molecule has 1 aromatic carbocycles. The first-order valence-electron chi connectivity index (χ1n) is 7.30. The second-order valence-corrected chi connectivity index (χ2v) is 5.59. The summed E-state index contributed by atoms with van der Waals surface area (Å²) >= 11 is 0. The number of hydrogen-bond donors (Lipinski definition) is 2.